The van der Waals surface area contributed by atoms with E-state index in [4.69, 9.17) is 0 Å². The number of amides is 3. The van der Waals surface area contributed by atoms with Gasteiger partial charge in [-0.15, -0.1) is 0 Å². The van der Waals surface area contributed by atoms with Crippen LogP contribution in [0.4, 0.5) is 5.69 Å². The minimum atomic E-state index is -0.804. The highest BCUT2D eigenvalue weighted by molar-refractivity contribution is 6.35. The van der Waals surface area contributed by atoms with Crippen LogP contribution in [0.3, 0.4) is 0 Å². The average molecular weight is 275 g/mol. The first-order chi connectivity index (χ1) is 9.41. The van der Waals surface area contributed by atoms with Crippen molar-refractivity contribution in [2.45, 2.75) is 25.9 Å². The monoisotopic (exact) mass is 275 g/mol. The molecule has 1 aliphatic heterocycles. The van der Waals surface area contributed by atoms with Crippen LogP contribution < -0.4 is 15.5 Å². The van der Waals surface area contributed by atoms with E-state index in [0.29, 0.717) is 5.56 Å². The predicted molar refractivity (Wildman–Crippen MR) is 74.0 cm³/mol. The number of fused-ring (bicyclic) bond motifs is 1. The molecule has 0 unspecified atom stereocenters. The second-order valence-corrected chi connectivity index (χ2v) is 4.99. The zero-order valence-electron chi connectivity index (χ0n) is 11.6. The number of carbonyl (C=O) groups excluding carboxylic acids is 3. The van der Waals surface area contributed by atoms with Crippen molar-refractivity contribution < 1.29 is 14.4 Å². The van der Waals surface area contributed by atoms with Gasteiger partial charge < -0.3 is 15.5 Å². The lowest BCUT2D eigenvalue weighted by Crippen LogP contribution is -2.45. The van der Waals surface area contributed by atoms with E-state index in [0.717, 1.165) is 5.69 Å². The summed E-state index contributed by atoms with van der Waals surface area (Å²) in [5.74, 6) is -1.79. The maximum absolute atomic E-state index is 12.1. The number of anilines is 1. The molecule has 3 amide bonds. The quantitative estimate of drug-likeness (QED) is 0.764. The molecule has 1 heterocycles. The summed E-state index contributed by atoms with van der Waals surface area (Å²) in [5, 5.41) is 4.97. The van der Waals surface area contributed by atoms with Gasteiger partial charge in [0.25, 0.3) is 5.91 Å². The van der Waals surface area contributed by atoms with E-state index in [9.17, 15) is 14.4 Å². The van der Waals surface area contributed by atoms with Crippen LogP contribution in [0.25, 0.3) is 0 Å². The van der Waals surface area contributed by atoms with Crippen LogP contribution in [-0.4, -0.2) is 30.8 Å². The molecule has 1 aliphatic rings. The van der Waals surface area contributed by atoms with Gasteiger partial charge in [0, 0.05) is 24.3 Å². The molecule has 1 aromatic rings. The summed E-state index contributed by atoms with van der Waals surface area (Å²) in [6.07, 6.45) is 0. The fourth-order valence-corrected chi connectivity index (χ4v) is 2.15. The highest BCUT2D eigenvalue weighted by Gasteiger charge is 2.36. The number of para-hydroxylation sites is 1. The molecule has 20 heavy (non-hydrogen) atoms. The smallest absolute Gasteiger partial charge is 0.310 e. The average Bonchev–Trinajstić information content (AvgIpc) is 2.64. The Hall–Kier alpha value is -2.37. The number of rotatable bonds is 2. The first kappa shape index (κ1) is 14.0. The molecule has 1 aromatic carbocycles. The Morgan fingerprint density at radius 2 is 1.85 bits per heavy atom. The van der Waals surface area contributed by atoms with Crippen LogP contribution in [0.5, 0.6) is 0 Å². The van der Waals surface area contributed by atoms with E-state index in [1.165, 1.54) is 4.90 Å². The molecule has 6 heteroatoms. The molecule has 0 bridgehead atoms. The van der Waals surface area contributed by atoms with E-state index in [1.54, 1.807) is 39.1 Å². The lowest BCUT2D eigenvalue weighted by atomic mass is 10.1. The van der Waals surface area contributed by atoms with Crippen LogP contribution >= 0.6 is 0 Å². The van der Waals surface area contributed by atoms with Crippen molar-refractivity contribution in [3.05, 3.63) is 29.8 Å². The number of benzene rings is 1. The number of hydrogen-bond donors (Lipinski definition) is 2. The summed E-state index contributed by atoms with van der Waals surface area (Å²) in [5.41, 5.74) is 1.44. The summed E-state index contributed by atoms with van der Waals surface area (Å²) in [6, 6.07) is 6.23. The van der Waals surface area contributed by atoms with Gasteiger partial charge in [0.1, 0.15) is 6.04 Å². The third kappa shape index (κ3) is 2.49. The highest BCUT2D eigenvalue weighted by atomic mass is 16.2. The Labute approximate surface area is 117 Å². The normalized spacial score (nSPS) is 17.1. The van der Waals surface area contributed by atoms with E-state index >= 15 is 0 Å². The minimum Gasteiger partial charge on any atom is -0.346 e. The number of nitrogens with one attached hydrogen (secondary N) is 2. The molecular weight excluding hydrogens is 258 g/mol. The number of carbonyl (C=O) groups is 3. The van der Waals surface area contributed by atoms with Crippen LogP contribution in [0, 0.1) is 0 Å². The Balaban J connectivity index is 2.16. The fraction of sp³-hybridized carbons (Fsp3) is 0.357. The molecule has 0 spiro atoms. The molecule has 2 rings (SSSR count). The molecular formula is C14H17N3O3. The molecule has 0 radical (unpaired) electrons. The fourth-order valence-electron chi connectivity index (χ4n) is 2.15. The van der Waals surface area contributed by atoms with Crippen molar-refractivity contribution >= 4 is 23.4 Å². The van der Waals surface area contributed by atoms with Gasteiger partial charge in [-0.1, -0.05) is 18.2 Å². The Morgan fingerprint density at radius 1 is 1.20 bits per heavy atom. The van der Waals surface area contributed by atoms with Crippen LogP contribution in [-0.2, 0) is 14.4 Å². The van der Waals surface area contributed by atoms with Crippen molar-refractivity contribution in [2.75, 3.05) is 11.9 Å². The molecule has 0 aromatic heterocycles. The van der Waals surface area contributed by atoms with Crippen molar-refractivity contribution in [3.8, 4) is 0 Å². The van der Waals surface area contributed by atoms with Gasteiger partial charge in [-0.25, -0.2) is 0 Å². The minimum absolute atomic E-state index is 0.137. The predicted octanol–water partition coefficient (Wildman–Crippen LogP) is 0.345. The van der Waals surface area contributed by atoms with E-state index in [1.807, 2.05) is 6.07 Å². The van der Waals surface area contributed by atoms with Crippen molar-refractivity contribution in [1.29, 1.82) is 0 Å². The summed E-state index contributed by atoms with van der Waals surface area (Å²) < 4.78 is 0. The second kappa shape index (κ2) is 5.32. The molecule has 0 aliphatic carbocycles. The van der Waals surface area contributed by atoms with E-state index in [2.05, 4.69) is 10.6 Å². The summed E-state index contributed by atoms with van der Waals surface area (Å²) in [4.78, 5) is 37.0. The first-order valence-corrected chi connectivity index (χ1v) is 6.39. The maximum atomic E-state index is 12.1. The highest BCUT2D eigenvalue weighted by Crippen LogP contribution is 2.34. The Kier molecular flexibility index (Phi) is 3.74. The van der Waals surface area contributed by atoms with Crippen molar-refractivity contribution in [2.24, 2.45) is 0 Å². The molecule has 106 valence electrons. The molecule has 1 atom stereocenters. The van der Waals surface area contributed by atoms with Gasteiger partial charge in [0.15, 0.2) is 0 Å². The first-order valence-electron chi connectivity index (χ1n) is 6.39. The van der Waals surface area contributed by atoms with Gasteiger partial charge in [-0.3, -0.25) is 14.4 Å². The number of hydrogen-bond acceptors (Lipinski definition) is 3. The molecule has 2 N–H and O–H groups in total. The molecule has 0 saturated heterocycles. The molecule has 0 fully saturated rings. The summed E-state index contributed by atoms with van der Waals surface area (Å²) in [7, 11) is 1.64. The topological polar surface area (TPSA) is 78.5 Å². The zero-order chi connectivity index (χ0) is 14.9. The van der Waals surface area contributed by atoms with Gasteiger partial charge in [0.05, 0.1) is 0 Å². The Bertz CT molecular complexity index is 569. The van der Waals surface area contributed by atoms with Crippen LogP contribution in [0.15, 0.2) is 24.3 Å². The SMILES string of the molecule is CC(C)NC(=O)C(=O)N[C@@H]1C(=O)N(C)c2ccccc21. The molecule has 0 saturated carbocycles. The van der Waals surface area contributed by atoms with Gasteiger partial charge in [-0.05, 0) is 19.9 Å². The number of likely N-dealkylation sites (N-methyl/N-ethyl adjacent to an activating group) is 1. The Morgan fingerprint density at radius 3 is 2.50 bits per heavy atom. The summed E-state index contributed by atoms with van der Waals surface area (Å²) >= 11 is 0. The zero-order valence-corrected chi connectivity index (χ0v) is 11.6. The third-order valence-corrected chi connectivity index (χ3v) is 3.09. The lowest BCUT2D eigenvalue weighted by Gasteiger charge is -2.13. The summed E-state index contributed by atoms with van der Waals surface area (Å²) in [6.45, 7) is 3.52. The number of nitrogens with zero attached hydrogens (tertiary/aromatic N) is 1. The van der Waals surface area contributed by atoms with Crippen LogP contribution in [0.2, 0.25) is 0 Å². The largest absolute Gasteiger partial charge is 0.346 e. The maximum Gasteiger partial charge on any atom is 0.310 e. The van der Waals surface area contributed by atoms with Crippen molar-refractivity contribution in [1.82, 2.24) is 10.6 Å². The second-order valence-electron chi connectivity index (χ2n) is 4.99. The molecule has 6 nitrogen and oxygen atoms in total. The lowest BCUT2D eigenvalue weighted by molar-refractivity contribution is -0.140. The van der Waals surface area contributed by atoms with E-state index < -0.39 is 17.9 Å². The van der Waals surface area contributed by atoms with E-state index in [-0.39, 0.29) is 11.9 Å². The van der Waals surface area contributed by atoms with Gasteiger partial charge in [-0.2, -0.15) is 0 Å². The standard InChI is InChI=1S/C14H17N3O3/c1-8(2)15-12(18)13(19)16-11-9-6-4-5-7-10(9)17(3)14(11)20/h4-8,11H,1-3H3,(H,15,18)(H,16,19)/t11-/m0/s1. The van der Waals surface area contributed by atoms with Crippen molar-refractivity contribution in [3.63, 3.8) is 0 Å². The van der Waals surface area contributed by atoms with Gasteiger partial charge in [0.2, 0.25) is 0 Å². The third-order valence-electron chi connectivity index (χ3n) is 3.09. The van der Waals surface area contributed by atoms with Crippen LogP contribution in [0.1, 0.15) is 25.5 Å². The van der Waals surface area contributed by atoms with Gasteiger partial charge >= 0.3 is 11.8 Å².